The molecule has 0 aliphatic carbocycles. The molecule has 0 saturated carbocycles. The monoisotopic (exact) mass is 1310 g/mol. The number of carbonyl (C=O) groups excluding carboxylic acids is 3. The number of phosphoric acid groups is 2. The number of hydrogen-bond acceptors (Lipinski definition) is 14. The van der Waals surface area contributed by atoms with Crippen molar-refractivity contribution in [3.05, 3.63) is 158 Å². The van der Waals surface area contributed by atoms with Crippen molar-refractivity contribution in [1.29, 1.82) is 0 Å². The summed E-state index contributed by atoms with van der Waals surface area (Å²) in [6.07, 6.45) is 78.7. The van der Waals surface area contributed by atoms with Crippen LogP contribution >= 0.6 is 15.6 Å². The zero-order chi connectivity index (χ0) is 66.7. The first-order valence-electron chi connectivity index (χ1n) is 33.8. The van der Waals surface area contributed by atoms with Crippen molar-refractivity contribution in [2.24, 2.45) is 0 Å². The number of carbonyl (C=O) groups is 3. The lowest BCUT2D eigenvalue weighted by Crippen LogP contribution is -2.30. The molecule has 4 N–H and O–H groups in total. The van der Waals surface area contributed by atoms with Crippen molar-refractivity contribution in [2.45, 2.75) is 245 Å². The summed E-state index contributed by atoms with van der Waals surface area (Å²) in [5.74, 6) is -1.69. The number of allylic oxidation sites excluding steroid dienone is 26. The van der Waals surface area contributed by atoms with Gasteiger partial charge < -0.3 is 34.2 Å². The van der Waals surface area contributed by atoms with Gasteiger partial charge in [-0.15, -0.1) is 0 Å². The van der Waals surface area contributed by atoms with Crippen molar-refractivity contribution in [1.82, 2.24) is 0 Å². The molecule has 91 heavy (non-hydrogen) atoms. The van der Waals surface area contributed by atoms with Crippen LogP contribution in [0.25, 0.3) is 0 Å². The lowest BCUT2D eigenvalue weighted by Gasteiger charge is -2.21. The Hall–Kier alpha value is -4.83. The second-order valence-electron chi connectivity index (χ2n) is 21.8. The molecule has 0 spiro atoms. The maximum absolute atomic E-state index is 12.9. The maximum atomic E-state index is 12.9. The molecular weight excluding hydrogens is 1190 g/mol. The fraction of sp³-hybridized carbons (Fsp3) is 0.603. The molecule has 16 nitrogen and oxygen atoms in total. The van der Waals surface area contributed by atoms with Crippen molar-refractivity contribution < 1.29 is 75.8 Å². The molecule has 0 saturated heterocycles. The minimum Gasteiger partial charge on any atom is -0.463 e. The van der Waals surface area contributed by atoms with Gasteiger partial charge in [0.25, 0.3) is 0 Å². The van der Waals surface area contributed by atoms with E-state index in [0.29, 0.717) is 25.7 Å². The second kappa shape index (κ2) is 65.2. The Labute approximate surface area is 549 Å². The van der Waals surface area contributed by atoms with Gasteiger partial charge in [0.2, 0.25) is 0 Å². The van der Waals surface area contributed by atoms with Crippen molar-refractivity contribution in [2.75, 3.05) is 39.6 Å². The third kappa shape index (κ3) is 66.4. The van der Waals surface area contributed by atoms with Gasteiger partial charge in [-0.25, -0.2) is 9.13 Å². The number of aliphatic hydroxyl groups excluding tert-OH is 2. The largest absolute Gasteiger partial charge is 0.472 e. The molecule has 0 aliphatic heterocycles. The Morgan fingerprint density at radius 1 is 0.308 bits per heavy atom. The van der Waals surface area contributed by atoms with Gasteiger partial charge in [-0.3, -0.25) is 32.5 Å². The van der Waals surface area contributed by atoms with Crippen LogP contribution in [0.1, 0.15) is 226 Å². The minimum atomic E-state index is -4.95. The molecule has 0 aromatic rings. The molecular formula is C73H118O16P2. The highest BCUT2D eigenvalue weighted by Gasteiger charge is 2.29. The average molecular weight is 1310 g/mol. The average Bonchev–Trinajstić information content (AvgIpc) is 3.74. The van der Waals surface area contributed by atoms with Crippen LogP contribution in [0.15, 0.2) is 158 Å². The van der Waals surface area contributed by atoms with Gasteiger partial charge in [-0.05, 0) is 135 Å². The van der Waals surface area contributed by atoms with Gasteiger partial charge in [0.05, 0.1) is 26.4 Å². The fourth-order valence-electron chi connectivity index (χ4n) is 8.17. The van der Waals surface area contributed by atoms with E-state index < -0.39 is 91.5 Å². The molecule has 0 amide bonds. The predicted octanol–water partition coefficient (Wildman–Crippen LogP) is 18.7. The van der Waals surface area contributed by atoms with Crippen LogP contribution in [0.4, 0.5) is 0 Å². The number of hydrogen-bond donors (Lipinski definition) is 4. The summed E-state index contributed by atoms with van der Waals surface area (Å²) >= 11 is 0. The standard InChI is InChI=1S/C73H118O16P2/c1-4-7-10-13-16-19-22-25-28-31-32-33-34-37-39-41-44-47-50-53-56-59-71(76)83-62-68(74)63-85-90(79,80)86-64-69(75)65-87-91(81,82)88-67-70(89-73(78)61-58-55-52-49-46-43-40-36-30-27-24-21-18-15-12-9-6-3)66-84-72(77)60-57-54-51-48-45-42-38-35-29-26-23-20-17-14-11-8-5-2/h7-12,16-21,25-30,32-33,37-39,42,48,51,68-70,74-75H,4-6,13-15,22-24,31,34-36,40-41,43-47,49-50,52-67H2,1-3H3,(H,79,80)(H,81,82)/b10-7-,11-8-,12-9-,19-16-,20-17-,21-18-,28-25-,29-26-,30-27-,33-32-,39-37-,42-38-,51-48-. The fourth-order valence-corrected chi connectivity index (χ4v) is 9.76. The summed E-state index contributed by atoms with van der Waals surface area (Å²) in [5, 5.41) is 20.5. The summed E-state index contributed by atoms with van der Waals surface area (Å²) in [6.45, 7) is 2.19. The third-order valence-corrected chi connectivity index (χ3v) is 15.1. The van der Waals surface area contributed by atoms with E-state index in [1.165, 1.54) is 0 Å². The zero-order valence-corrected chi connectivity index (χ0v) is 57.5. The highest BCUT2D eigenvalue weighted by Crippen LogP contribution is 2.45. The molecule has 0 aromatic heterocycles. The van der Waals surface area contributed by atoms with E-state index in [0.717, 1.165) is 161 Å². The van der Waals surface area contributed by atoms with Gasteiger partial charge >= 0.3 is 33.6 Å². The van der Waals surface area contributed by atoms with E-state index in [1.54, 1.807) is 0 Å². The molecule has 0 radical (unpaired) electrons. The Kier molecular flexibility index (Phi) is 61.8. The quantitative estimate of drug-likeness (QED) is 0.0146. The van der Waals surface area contributed by atoms with E-state index in [1.807, 2.05) is 12.2 Å². The highest BCUT2D eigenvalue weighted by molar-refractivity contribution is 7.47. The predicted molar refractivity (Wildman–Crippen MR) is 371 cm³/mol. The number of aliphatic hydroxyl groups is 2. The lowest BCUT2D eigenvalue weighted by molar-refractivity contribution is -0.161. The highest BCUT2D eigenvalue weighted by atomic mass is 31.2. The van der Waals surface area contributed by atoms with E-state index >= 15 is 0 Å². The first kappa shape index (κ1) is 86.2. The number of ether oxygens (including phenoxy) is 3. The summed E-state index contributed by atoms with van der Waals surface area (Å²) in [4.78, 5) is 58.4. The summed E-state index contributed by atoms with van der Waals surface area (Å²) < 4.78 is 60.8. The Morgan fingerprint density at radius 3 is 0.912 bits per heavy atom. The molecule has 516 valence electrons. The molecule has 5 atom stereocenters. The Morgan fingerprint density at radius 2 is 0.560 bits per heavy atom. The van der Waals surface area contributed by atoms with Gasteiger partial charge in [0.15, 0.2) is 6.10 Å². The summed E-state index contributed by atoms with van der Waals surface area (Å²) in [5.41, 5.74) is 0. The third-order valence-electron chi connectivity index (χ3n) is 13.2. The van der Waals surface area contributed by atoms with E-state index in [4.69, 9.17) is 32.3 Å². The molecule has 18 heteroatoms. The zero-order valence-electron chi connectivity index (χ0n) is 55.7. The van der Waals surface area contributed by atoms with Crippen LogP contribution in [-0.2, 0) is 55.8 Å². The molecule has 5 unspecified atom stereocenters. The first-order valence-corrected chi connectivity index (χ1v) is 36.8. The number of esters is 3. The SMILES string of the molecule is CC/C=C\C/C=C\C/C=C\C/C=C\C/C=C\CCCCCCCC(=O)OCC(O)COP(=O)(O)OCC(O)COP(=O)(O)OCC(COC(=O)CCC/C=C\C/C=C\C/C=C\C/C=C\C/C=C\CC)OC(=O)CCCCCCCCC/C=C\C/C=C\C/C=C\CC. The van der Waals surface area contributed by atoms with E-state index in [9.17, 15) is 43.5 Å². The van der Waals surface area contributed by atoms with E-state index in [-0.39, 0.29) is 19.3 Å². The molecule has 0 aromatic carbocycles. The van der Waals surface area contributed by atoms with Crippen molar-refractivity contribution in [3.8, 4) is 0 Å². The van der Waals surface area contributed by atoms with Crippen LogP contribution in [0.2, 0.25) is 0 Å². The van der Waals surface area contributed by atoms with Crippen LogP contribution < -0.4 is 0 Å². The lowest BCUT2D eigenvalue weighted by atomic mass is 10.1. The maximum Gasteiger partial charge on any atom is 0.472 e. The second-order valence-corrected chi connectivity index (χ2v) is 24.7. The van der Waals surface area contributed by atoms with Crippen LogP contribution in [0, 0.1) is 0 Å². The van der Waals surface area contributed by atoms with Gasteiger partial charge in [-0.1, -0.05) is 230 Å². The normalized spacial score (nSPS) is 15.2. The summed E-state index contributed by atoms with van der Waals surface area (Å²) in [6, 6.07) is 0. The molecule has 0 aliphatic rings. The number of unbranched alkanes of at least 4 members (excludes halogenated alkanes) is 13. The number of phosphoric ester groups is 2. The van der Waals surface area contributed by atoms with E-state index in [2.05, 4.69) is 167 Å². The first-order chi connectivity index (χ1) is 44.2. The molecule has 0 fully saturated rings. The Bertz CT molecular complexity index is 2290. The van der Waals surface area contributed by atoms with Crippen molar-refractivity contribution in [3.63, 3.8) is 0 Å². The van der Waals surface area contributed by atoms with Gasteiger partial charge in [0.1, 0.15) is 25.4 Å². The van der Waals surface area contributed by atoms with Crippen LogP contribution in [0.5, 0.6) is 0 Å². The number of rotatable bonds is 62. The van der Waals surface area contributed by atoms with Crippen LogP contribution in [-0.4, -0.2) is 95.9 Å². The topological polar surface area (TPSA) is 231 Å². The van der Waals surface area contributed by atoms with Crippen molar-refractivity contribution >= 4 is 33.6 Å². The van der Waals surface area contributed by atoms with Gasteiger partial charge in [-0.2, -0.15) is 0 Å². The minimum absolute atomic E-state index is 0.0745. The molecule has 0 bridgehead atoms. The molecule has 0 rings (SSSR count). The van der Waals surface area contributed by atoms with Crippen LogP contribution in [0.3, 0.4) is 0 Å². The Balaban J connectivity index is 4.76. The van der Waals surface area contributed by atoms with Gasteiger partial charge in [0, 0.05) is 19.3 Å². The molecule has 0 heterocycles. The smallest absolute Gasteiger partial charge is 0.463 e. The summed E-state index contributed by atoms with van der Waals surface area (Å²) in [7, 11) is -9.81.